The Morgan fingerprint density at radius 3 is 2.77 bits per heavy atom. The zero-order valence-electron chi connectivity index (χ0n) is 16.0. The Morgan fingerprint density at radius 1 is 1.30 bits per heavy atom. The molecule has 2 aliphatic rings. The van der Waals surface area contributed by atoms with E-state index in [1.807, 2.05) is 6.92 Å². The van der Waals surface area contributed by atoms with Crippen molar-refractivity contribution in [2.45, 2.75) is 38.8 Å². The molecule has 4 rings (SSSR count). The lowest BCUT2D eigenvalue weighted by Crippen LogP contribution is -2.46. The molecular formula is C20H19F2N3O5. The van der Waals surface area contributed by atoms with Crippen molar-refractivity contribution in [1.29, 1.82) is 0 Å². The fourth-order valence-electron chi connectivity index (χ4n) is 3.68. The molecule has 0 bridgehead atoms. The minimum Gasteiger partial charge on any atom is -0.503 e. The summed E-state index contributed by atoms with van der Waals surface area (Å²) < 4.78 is 33.9. The van der Waals surface area contributed by atoms with Crippen molar-refractivity contribution >= 4 is 11.8 Å². The van der Waals surface area contributed by atoms with Gasteiger partial charge in [-0.2, -0.15) is 0 Å². The molecule has 3 heterocycles. The number of amides is 2. The largest absolute Gasteiger partial charge is 0.503 e. The van der Waals surface area contributed by atoms with Gasteiger partial charge in [0.15, 0.2) is 17.7 Å². The fraction of sp³-hybridized carbons (Fsp3) is 0.350. The van der Waals surface area contributed by atoms with Gasteiger partial charge >= 0.3 is 0 Å². The van der Waals surface area contributed by atoms with Crippen molar-refractivity contribution in [3.05, 3.63) is 63.1 Å². The lowest BCUT2D eigenvalue weighted by atomic mass is 10.1. The van der Waals surface area contributed by atoms with Gasteiger partial charge in [0.25, 0.3) is 11.8 Å². The second-order valence-corrected chi connectivity index (χ2v) is 7.22. The molecule has 1 saturated heterocycles. The molecule has 0 radical (unpaired) electrons. The lowest BCUT2D eigenvalue weighted by Gasteiger charge is -2.31. The molecule has 2 unspecified atom stereocenters. The predicted molar refractivity (Wildman–Crippen MR) is 99.9 cm³/mol. The molecule has 1 aromatic carbocycles. The van der Waals surface area contributed by atoms with Crippen LogP contribution in [0.5, 0.6) is 5.75 Å². The number of halogens is 2. The van der Waals surface area contributed by atoms with Crippen molar-refractivity contribution in [1.82, 2.24) is 14.8 Å². The smallest absolute Gasteiger partial charge is 0.276 e. The van der Waals surface area contributed by atoms with Crippen LogP contribution < -0.4 is 10.7 Å². The highest BCUT2D eigenvalue weighted by Gasteiger charge is 2.42. The van der Waals surface area contributed by atoms with E-state index in [-0.39, 0.29) is 30.5 Å². The second-order valence-electron chi connectivity index (χ2n) is 7.22. The summed E-state index contributed by atoms with van der Waals surface area (Å²) in [6.07, 6.45) is 1.19. The summed E-state index contributed by atoms with van der Waals surface area (Å²) in [7, 11) is 0. The summed E-state index contributed by atoms with van der Waals surface area (Å²) in [5.41, 5.74) is -1.57. The first-order valence-electron chi connectivity index (χ1n) is 9.45. The normalized spacial score (nSPS) is 20.1. The van der Waals surface area contributed by atoms with Gasteiger partial charge in [0, 0.05) is 30.9 Å². The van der Waals surface area contributed by atoms with Crippen LogP contribution in [-0.2, 0) is 17.8 Å². The maximum absolute atomic E-state index is 13.7. The van der Waals surface area contributed by atoms with E-state index >= 15 is 0 Å². The van der Waals surface area contributed by atoms with Crippen molar-refractivity contribution in [2.75, 3.05) is 6.54 Å². The van der Waals surface area contributed by atoms with Gasteiger partial charge in [-0.05, 0) is 12.5 Å². The van der Waals surface area contributed by atoms with Crippen LogP contribution in [0.3, 0.4) is 0 Å². The number of ether oxygens (including phenoxy) is 1. The molecule has 8 nitrogen and oxygen atoms in total. The monoisotopic (exact) mass is 419 g/mol. The van der Waals surface area contributed by atoms with Crippen LogP contribution in [-0.4, -0.2) is 45.3 Å². The summed E-state index contributed by atoms with van der Waals surface area (Å²) in [4.78, 5) is 39.2. The van der Waals surface area contributed by atoms with Gasteiger partial charge in [-0.25, -0.2) is 8.78 Å². The number of carbonyl (C=O) groups excluding carboxylic acids is 2. The number of hydrogen-bond donors (Lipinski definition) is 2. The number of rotatable bonds is 4. The topological polar surface area (TPSA) is 101 Å². The van der Waals surface area contributed by atoms with Crippen LogP contribution >= 0.6 is 0 Å². The van der Waals surface area contributed by atoms with E-state index in [0.717, 1.165) is 6.07 Å². The predicted octanol–water partition coefficient (Wildman–Crippen LogP) is 1.35. The van der Waals surface area contributed by atoms with Gasteiger partial charge in [-0.15, -0.1) is 0 Å². The van der Waals surface area contributed by atoms with E-state index in [2.05, 4.69) is 5.32 Å². The number of fused-ring (bicyclic) bond motifs is 2. The van der Waals surface area contributed by atoms with Crippen molar-refractivity contribution in [3.8, 4) is 5.75 Å². The summed E-state index contributed by atoms with van der Waals surface area (Å²) in [5, 5.41) is 12.7. The number of carbonyl (C=O) groups is 2. The standard InChI is InChI=1S/C20H19F2N3O5/c1-2-12-7-25-15(30-12)9-24-8-13(17(26)18(27)16(24)20(25)29)19(28)23-6-10-3-4-11(21)5-14(10)22/h3-5,8,12,15,27H,2,6-7,9H2,1H3,(H,23,28). The Bertz CT molecular complexity index is 1100. The molecule has 10 heteroatoms. The maximum Gasteiger partial charge on any atom is 0.276 e. The Kier molecular flexibility index (Phi) is 5.02. The molecule has 1 aromatic heterocycles. The highest BCUT2D eigenvalue weighted by molar-refractivity contribution is 5.99. The van der Waals surface area contributed by atoms with Gasteiger partial charge in [0.2, 0.25) is 5.43 Å². The first-order valence-corrected chi connectivity index (χ1v) is 9.45. The van der Waals surface area contributed by atoms with Crippen LogP contribution in [0.15, 0.2) is 29.2 Å². The van der Waals surface area contributed by atoms with Crippen LogP contribution in [0.4, 0.5) is 8.78 Å². The SMILES string of the molecule is CCC1CN2C(=O)c3c(O)c(=O)c(C(=O)NCc4ccc(F)cc4F)cn3CC2O1. The molecule has 2 N–H and O–H groups in total. The van der Waals surface area contributed by atoms with Crippen LogP contribution in [0.1, 0.15) is 39.8 Å². The minimum absolute atomic E-state index is 0.0304. The first kappa shape index (κ1) is 20.0. The molecule has 0 saturated carbocycles. The molecule has 158 valence electrons. The molecule has 2 atom stereocenters. The fourth-order valence-corrected chi connectivity index (χ4v) is 3.68. The highest BCUT2D eigenvalue weighted by Crippen LogP contribution is 2.29. The van der Waals surface area contributed by atoms with Crippen LogP contribution in [0, 0.1) is 11.6 Å². The van der Waals surface area contributed by atoms with Crippen molar-refractivity contribution in [3.63, 3.8) is 0 Å². The Balaban J connectivity index is 1.60. The summed E-state index contributed by atoms with van der Waals surface area (Å²) >= 11 is 0. The van der Waals surface area contributed by atoms with E-state index < -0.39 is 46.4 Å². The van der Waals surface area contributed by atoms with E-state index in [0.29, 0.717) is 19.0 Å². The number of aromatic hydroxyl groups is 1. The van der Waals surface area contributed by atoms with Crippen molar-refractivity contribution in [2.24, 2.45) is 0 Å². The minimum atomic E-state index is -1.00. The second kappa shape index (κ2) is 7.52. The van der Waals surface area contributed by atoms with Crippen LogP contribution in [0.25, 0.3) is 0 Å². The Morgan fingerprint density at radius 2 is 2.07 bits per heavy atom. The number of aromatic nitrogens is 1. The molecule has 2 aromatic rings. The van der Waals surface area contributed by atoms with Crippen molar-refractivity contribution < 1.29 is 28.2 Å². The third-order valence-corrected chi connectivity index (χ3v) is 5.32. The summed E-state index contributed by atoms with van der Waals surface area (Å²) in [5.74, 6) is -3.81. The van der Waals surface area contributed by atoms with E-state index in [1.54, 1.807) is 0 Å². The molecule has 30 heavy (non-hydrogen) atoms. The summed E-state index contributed by atoms with van der Waals surface area (Å²) in [6, 6.07) is 2.91. The average molecular weight is 419 g/mol. The molecule has 0 spiro atoms. The van der Waals surface area contributed by atoms with E-state index in [9.17, 15) is 28.3 Å². The first-order chi connectivity index (χ1) is 14.3. The van der Waals surface area contributed by atoms with Crippen LogP contribution in [0.2, 0.25) is 0 Å². The van der Waals surface area contributed by atoms with Gasteiger partial charge in [0.1, 0.15) is 17.2 Å². The van der Waals surface area contributed by atoms with E-state index in [4.69, 9.17) is 4.74 Å². The number of nitrogens with zero attached hydrogens (tertiary/aromatic N) is 2. The van der Waals surface area contributed by atoms with Gasteiger partial charge in [-0.1, -0.05) is 13.0 Å². The molecule has 2 amide bonds. The molecular weight excluding hydrogens is 400 g/mol. The maximum atomic E-state index is 13.7. The van der Waals surface area contributed by atoms with Gasteiger partial charge in [-0.3, -0.25) is 14.4 Å². The number of pyridine rings is 1. The summed E-state index contributed by atoms with van der Waals surface area (Å²) in [6.45, 7) is 2.15. The van der Waals surface area contributed by atoms with Gasteiger partial charge in [0.05, 0.1) is 12.6 Å². The third kappa shape index (κ3) is 3.32. The molecule has 0 aliphatic carbocycles. The van der Waals surface area contributed by atoms with E-state index in [1.165, 1.54) is 21.7 Å². The quantitative estimate of drug-likeness (QED) is 0.779. The lowest BCUT2D eigenvalue weighted by molar-refractivity contribution is -0.0152. The zero-order chi connectivity index (χ0) is 21.6. The number of benzene rings is 1. The zero-order valence-corrected chi connectivity index (χ0v) is 16.0. The molecule has 1 fully saturated rings. The molecule has 2 aliphatic heterocycles. The average Bonchev–Trinajstić information content (AvgIpc) is 3.13. The Labute approximate surface area is 169 Å². The third-order valence-electron chi connectivity index (χ3n) is 5.32. The number of nitrogens with one attached hydrogen (secondary N) is 1. The highest BCUT2D eigenvalue weighted by atomic mass is 19.1. The Hall–Kier alpha value is -3.27. The van der Waals surface area contributed by atoms with Gasteiger partial charge < -0.3 is 24.6 Å². The number of hydrogen-bond acceptors (Lipinski definition) is 5.